The molecule has 2 aliphatic rings. The van der Waals surface area contributed by atoms with E-state index < -0.39 is 0 Å². The summed E-state index contributed by atoms with van der Waals surface area (Å²) < 4.78 is 0. The van der Waals surface area contributed by atoms with E-state index in [-0.39, 0.29) is 0 Å². The number of hydrogen-bond acceptors (Lipinski definition) is 5. The molecule has 0 amide bonds. The van der Waals surface area contributed by atoms with Crippen LogP contribution >= 0.6 is 0 Å². The molecule has 0 atom stereocenters. The quantitative estimate of drug-likeness (QED) is 0.452. The molecule has 152 valence electrons. The van der Waals surface area contributed by atoms with Gasteiger partial charge in [-0.05, 0) is 24.3 Å². The maximum Gasteiger partial charge on any atom is 0.156 e. The molecule has 0 radical (unpaired) electrons. The van der Waals surface area contributed by atoms with Crippen molar-refractivity contribution >= 4 is 40.0 Å². The lowest BCUT2D eigenvalue weighted by Crippen LogP contribution is -2.24. The number of aromatic nitrogens is 2. The lowest BCUT2D eigenvalue weighted by atomic mass is 10.0. The predicted octanol–water partition coefficient (Wildman–Crippen LogP) is 5.54. The van der Waals surface area contributed by atoms with Crippen LogP contribution in [0.4, 0.5) is 22.9 Å². The molecule has 0 unspecified atom stereocenters. The molecule has 2 aliphatic heterocycles. The van der Waals surface area contributed by atoms with Crippen molar-refractivity contribution in [2.75, 3.05) is 9.80 Å². The molecule has 4 aromatic rings. The summed E-state index contributed by atoms with van der Waals surface area (Å²) in [6.45, 7) is 0. The highest BCUT2D eigenvalue weighted by atomic mass is 15.3. The zero-order chi connectivity index (χ0) is 21.7. The van der Waals surface area contributed by atoms with Crippen LogP contribution in [0.15, 0.2) is 103 Å². The fourth-order valence-corrected chi connectivity index (χ4v) is 4.45. The van der Waals surface area contributed by atoms with Crippen molar-refractivity contribution in [3.63, 3.8) is 0 Å². The standard InChI is InChI=1S/C26H18N6/c27-24-19-11-5-7-13-21(19)32(22-16-29-14-15-30-22)25(24)23-18-10-4-6-12-20(18)31(26(23)28)17-8-2-1-3-9-17/h1-16,27-28H/b25-23+,27-24?,28-26?. The molecule has 0 saturated heterocycles. The summed E-state index contributed by atoms with van der Waals surface area (Å²) in [6, 6.07) is 25.7. The summed E-state index contributed by atoms with van der Waals surface area (Å²) in [5, 5.41) is 18.3. The molecule has 0 saturated carbocycles. The van der Waals surface area contributed by atoms with E-state index in [1.165, 1.54) is 0 Å². The minimum atomic E-state index is 0.332. The Morgan fingerprint density at radius 3 is 2.03 bits per heavy atom. The van der Waals surface area contributed by atoms with Crippen LogP contribution < -0.4 is 9.80 Å². The van der Waals surface area contributed by atoms with Crippen molar-refractivity contribution in [2.24, 2.45) is 0 Å². The Balaban J connectivity index is 1.65. The minimum Gasteiger partial charge on any atom is -0.298 e. The highest BCUT2D eigenvalue weighted by Crippen LogP contribution is 2.48. The van der Waals surface area contributed by atoms with Gasteiger partial charge < -0.3 is 0 Å². The van der Waals surface area contributed by atoms with Crippen molar-refractivity contribution < 1.29 is 0 Å². The fraction of sp³-hybridized carbons (Fsp3) is 0. The normalized spacial score (nSPS) is 17.0. The maximum atomic E-state index is 9.21. The first-order valence-electron chi connectivity index (χ1n) is 10.3. The summed E-state index contributed by atoms with van der Waals surface area (Å²) in [5.74, 6) is 0.951. The Morgan fingerprint density at radius 2 is 1.31 bits per heavy atom. The third-order valence-electron chi connectivity index (χ3n) is 5.78. The summed E-state index contributed by atoms with van der Waals surface area (Å²) >= 11 is 0. The second kappa shape index (κ2) is 6.99. The lowest BCUT2D eigenvalue weighted by molar-refractivity contribution is 1.12. The van der Waals surface area contributed by atoms with Gasteiger partial charge in [0.15, 0.2) is 5.82 Å². The molecule has 0 bridgehead atoms. The highest BCUT2D eigenvalue weighted by Gasteiger charge is 2.40. The average Bonchev–Trinajstić information content (AvgIpc) is 3.30. The molecular weight excluding hydrogens is 396 g/mol. The van der Waals surface area contributed by atoms with Crippen LogP contribution in [0.1, 0.15) is 11.1 Å². The Bertz CT molecular complexity index is 1410. The number of hydrogen-bond donors (Lipinski definition) is 2. The van der Waals surface area contributed by atoms with Crippen LogP contribution in [-0.2, 0) is 0 Å². The number of nitrogens with zero attached hydrogens (tertiary/aromatic N) is 4. The number of para-hydroxylation sites is 3. The molecule has 2 N–H and O–H groups in total. The van der Waals surface area contributed by atoms with E-state index in [0.717, 1.165) is 28.2 Å². The second-order valence-electron chi connectivity index (χ2n) is 7.55. The number of nitrogens with one attached hydrogen (secondary N) is 2. The van der Waals surface area contributed by atoms with Gasteiger partial charge in [-0.25, -0.2) is 4.98 Å². The molecule has 0 aliphatic carbocycles. The van der Waals surface area contributed by atoms with Gasteiger partial charge in [0.1, 0.15) is 5.84 Å². The summed E-state index contributed by atoms with van der Waals surface area (Å²) in [6.07, 6.45) is 4.97. The van der Waals surface area contributed by atoms with E-state index in [4.69, 9.17) is 5.41 Å². The van der Waals surface area contributed by atoms with Gasteiger partial charge in [-0.15, -0.1) is 0 Å². The lowest BCUT2D eigenvalue weighted by Gasteiger charge is -2.22. The van der Waals surface area contributed by atoms with Gasteiger partial charge in [-0.3, -0.25) is 25.6 Å². The van der Waals surface area contributed by atoms with E-state index in [1.54, 1.807) is 18.6 Å². The number of anilines is 4. The molecule has 1 aromatic heterocycles. The van der Waals surface area contributed by atoms with Crippen LogP contribution in [0.2, 0.25) is 0 Å². The molecule has 3 heterocycles. The topological polar surface area (TPSA) is 80.0 Å². The van der Waals surface area contributed by atoms with E-state index >= 15 is 0 Å². The van der Waals surface area contributed by atoms with E-state index in [0.29, 0.717) is 28.6 Å². The molecule has 32 heavy (non-hydrogen) atoms. The molecule has 6 rings (SSSR count). The number of rotatable bonds is 2. The highest BCUT2D eigenvalue weighted by molar-refractivity contribution is 6.42. The van der Waals surface area contributed by atoms with Gasteiger partial charge in [0, 0.05) is 29.2 Å². The summed E-state index contributed by atoms with van der Waals surface area (Å²) in [4.78, 5) is 12.7. The van der Waals surface area contributed by atoms with Crippen molar-refractivity contribution in [1.29, 1.82) is 10.8 Å². The first-order chi connectivity index (χ1) is 15.8. The van der Waals surface area contributed by atoms with Crippen molar-refractivity contribution in [3.05, 3.63) is 114 Å². The Labute approximate surface area is 185 Å². The zero-order valence-electron chi connectivity index (χ0n) is 17.0. The average molecular weight is 414 g/mol. The van der Waals surface area contributed by atoms with Gasteiger partial charge in [-0.1, -0.05) is 54.6 Å². The molecule has 6 heteroatoms. The van der Waals surface area contributed by atoms with E-state index in [1.807, 2.05) is 88.7 Å². The SMILES string of the molecule is N=C1/C(=C2\C(=N)N(c3ccccc3)c3ccccc32)N(c2cnccn2)c2ccccc21. The second-order valence-corrected chi connectivity index (χ2v) is 7.55. The van der Waals surface area contributed by atoms with Gasteiger partial charge in [0.2, 0.25) is 0 Å². The number of benzene rings is 3. The first kappa shape index (κ1) is 18.2. The van der Waals surface area contributed by atoms with Crippen LogP contribution in [0, 0.1) is 10.8 Å². The number of fused-ring (bicyclic) bond motifs is 2. The Kier molecular flexibility index (Phi) is 3.98. The monoisotopic (exact) mass is 414 g/mol. The minimum absolute atomic E-state index is 0.332. The largest absolute Gasteiger partial charge is 0.298 e. The van der Waals surface area contributed by atoms with Crippen LogP contribution in [-0.4, -0.2) is 21.5 Å². The van der Waals surface area contributed by atoms with E-state index in [9.17, 15) is 5.41 Å². The zero-order valence-corrected chi connectivity index (χ0v) is 17.0. The Hall–Kier alpha value is -4.58. The first-order valence-corrected chi connectivity index (χ1v) is 10.3. The molecule has 6 nitrogen and oxygen atoms in total. The third kappa shape index (κ3) is 2.53. The van der Waals surface area contributed by atoms with Gasteiger partial charge >= 0.3 is 0 Å². The number of allylic oxidation sites excluding steroid dienone is 1. The van der Waals surface area contributed by atoms with Gasteiger partial charge in [0.05, 0.1) is 34.6 Å². The third-order valence-corrected chi connectivity index (χ3v) is 5.78. The van der Waals surface area contributed by atoms with Crippen molar-refractivity contribution in [2.45, 2.75) is 0 Å². The fourth-order valence-electron chi connectivity index (χ4n) is 4.45. The molecular formula is C26H18N6. The summed E-state index contributed by atoms with van der Waals surface area (Å²) in [7, 11) is 0. The van der Waals surface area contributed by atoms with Gasteiger partial charge in [-0.2, -0.15) is 0 Å². The molecule has 3 aromatic carbocycles. The van der Waals surface area contributed by atoms with Crippen molar-refractivity contribution in [1.82, 2.24) is 9.97 Å². The Morgan fingerprint density at radius 1 is 0.656 bits per heavy atom. The smallest absolute Gasteiger partial charge is 0.156 e. The van der Waals surface area contributed by atoms with Crippen LogP contribution in [0.3, 0.4) is 0 Å². The molecule has 0 fully saturated rings. The van der Waals surface area contributed by atoms with Gasteiger partial charge in [0.25, 0.3) is 0 Å². The summed E-state index contributed by atoms with van der Waals surface area (Å²) in [5.41, 5.74) is 6.15. The van der Waals surface area contributed by atoms with Crippen molar-refractivity contribution in [3.8, 4) is 0 Å². The predicted molar refractivity (Wildman–Crippen MR) is 127 cm³/mol. The maximum absolute atomic E-state index is 9.21. The number of amidine groups is 1. The molecule has 0 spiro atoms. The van der Waals surface area contributed by atoms with Crippen LogP contribution in [0.5, 0.6) is 0 Å². The van der Waals surface area contributed by atoms with E-state index in [2.05, 4.69) is 9.97 Å². The van der Waals surface area contributed by atoms with Crippen LogP contribution in [0.25, 0.3) is 5.57 Å².